The van der Waals surface area contributed by atoms with Crippen molar-refractivity contribution in [1.82, 2.24) is 14.9 Å². The summed E-state index contributed by atoms with van der Waals surface area (Å²) in [6.45, 7) is 0.540. The number of hydrogen-bond donors (Lipinski definition) is 2. The smallest absolute Gasteiger partial charge is 0.337 e. The molecule has 0 unspecified atom stereocenters. The standard InChI is InChI=1S/C22H22N4O4/c1-29-17-9-5-14(6-10-17)20-19-18(23-13-24-19)11-12-26(20)22(28)25-16-7-3-15(4-8-16)21(27)30-2/h3-10,13,20H,11-12H2,1-2H3,(H,23,24)(H,25,28)/t20-/m1/s1. The average molecular weight is 406 g/mol. The summed E-state index contributed by atoms with van der Waals surface area (Å²) in [6.07, 6.45) is 2.35. The number of rotatable bonds is 4. The van der Waals surface area contributed by atoms with Crippen molar-refractivity contribution in [2.24, 2.45) is 0 Å². The molecule has 3 aromatic rings. The van der Waals surface area contributed by atoms with E-state index in [0.717, 1.165) is 22.7 Å². The lowest BCUT2D eigenvalue weighted by Crippen LogP contribution is -2.43. The zero-order valence-electron chi connectivity index (χ0n) is 16.7. The summed E-state index contributed by atoms with van der Waals surface area (Å²) < 4.78 is 9.96. The fourth-order valence-electron chi connectivity index (χ4n) is 3.62. The number of anilines is 1. The van der Waals surface area contributed by atoms with E-state index in [1.807, 2.05) is 24.3 Å². The van der Waals surface area contributed by atoms with Crippen molar-refractivity contribution in [1.29, 1.82) is 0 Å². The first-order chi connectivity index (χ1) is 14.6. The van der Waals surface area contributed by atoms with Crippen molar-refractivity contribution in [2.45, 2.75) is 12.5 Å². The Morgan fingerprint density at radius 1 is 1.10 bits per heavy atom. The highest BCUT2D eigenvalue weighted by atomic mass is 16.5. The lowest BCUT2D eigenvalue weighted by molar-refractivity contribution is 0.0600. The highest BCUT2D eigenvalue weighted by Crippen LogP contribution is 2.34. The van der Waals surface area contributed by atoms with Gasteiger partial charge in [0.25, 0.3) is 0 Å². The maximum atomic E-state index is 13.1. The number of methoxy groups -OCH3 is 2. The Labute approximate surface area is 173 Å². The largest absolute Gasteiger partial charge is 0.497 e. The zero-order valence-corrected chi connectivity index (χ0v) is 16.7. The molecule has 2 aromatic carbocycles. The van der Waals surface area contributed by atoms with Gasteiger partial charge in [-0.3, -0.25) is 0 Å². The minimum Gasteiger partial charge on any atom is -0.497 e. The third-order valence-corrected chi connectivity index (χ3v) is 5.17. The van der Waals surface area contributed by atoms with E-state index in [0.29, 0.717) is 24.2 Å². The van der Waals surface area contributed by atoms with Gasteiger partial charge in [0.15, 0.2) is 0 Å². The number of hydrogen-bond acceptors (Lipinski definition) is 5. The summed E-state index contributed by atoms with van der Waals surface area (Å²) in [4.78, 5) is 34.2. The van der Waals surface area contributed by atoms with Crippen LogP contribution in [-0.4, -0.2) is 47.6 Å². The van der Waals surface area contributed by atoms with Gasteiger partial charge in [-0.1, -0.05) is 12.1 Å². The molecule has 154 valence electrons. The predicted molar refractivity (Wildman–Crippen MR) is 111 cm³/mol. The van der Waals surface area contributed by atoms with Crippen LogP contribution in [0.1, 0.15) is 33.4 Å². The first kappa shape index (κ1) is 19.5. The summed E-state index contributed by atoms with van der Waals surface area (Å²) in [5.74, 6) is 0.327. The Morgan fingerprint density at radius 2 is 1.83 bits per heavy atom. The second kappa shape index (κ2) is 8.28. The fraction of sp³-hybridized carbons (Fsp3) is 0.227. The molecule has 1 atom stereocenters. The highest BCUT2D eigenvalue weighted by molar-refractivity contribution is 5.92. The highest BCUT2D eigenvalue weighted by Gasteiger charge is 2.34. The second-order valence-corrected chi connectivity index (χ2v) is 6.88. The van der Waals surface area contributed by atoms with Crippen molar-refractivity contribution in [3.8, 4) is 5.75 Å². The molecule has 0 bridgehead atoms. The maximum Gasteiger partial charge on any atom is 0.337 e. The minimum atomic E-state index is -0.422. The molecule has 0 fully saturated rings. The summed E-state index contributed by atoms with van der Waals surface area (Å²) in [7, 11) is 2.95. The van der Waals surface area contributed by atoms with Crippen molar-refractivity contribution < 1.29 is 19.1 Å². The van der Waals surface area contributed by atoms with Crippen molar-refractivity contribution >= 4 is 17.7 Å². The van der Waals surface area contributed by atoms with E-state index in [2.05, 4.69) is 15.3 Å². The number of nitrogens with zero attached hydrogens (tertiary/aromatic N) is 2. The van der Waals surface area contributed by atoms with Crippen molar-refractivity contribution in [3.63, 3.8) is 0 Å². The van der Waals surface area contributed by atoms with Gasteiger partial charge in [-0.25, -0.2) is 14.6 Å². The number of urea groups is 1. The number of benzene rings is 2. The van der Waals surface area contributed by atoms with Gasteiger partial charge in [-0.15, -0.1) is 0 Å². The summed E-state index contributed by atoms with van der Waals surface area (Å²) >= 11 is 0. The SMILES string of the molecule is COC(=O)c1ccc(NC(=O)N2CCc3[nH]cnc3[C@H]2c2ccc(OC)cc2)cc1. The lowest BCUT2D eigenvalue weighted by Gasteiger charge is -2.35. The van der Waals surface area contributed by atoms with Gasteiger partial charge in [0, 0.05) is 24.3 Å². The number of aromatic amines is 1. The molecule has 0 spiro atoms. The van der Waals surface area contributed by atoms with Crippen LogP contribution in [0.5, 0.6) is 5.75 Å². The Hall–Kier alpha value is -3.81. The van der Waals surface area contributed by atoms with Gasteiger partial charge < -0.3 is 24.7 Å². The Morgan fingerprint density at radius 3 is 2.50 bits per heavy atom. The van der Waals surface area contributed by atoms with Crippen LogP contribution in [0, 0.1) is 0 Å². The van der Waals surface area contributed by atoms with E-state index in [1.165, 1.54) is 7.11 Å². The van der Waals surface area contributed by atoms with E-state index >= 15 is 0 Å². The van der Waals surface area contributed by atoms with Crippen molar-refractivity contribution in [3.05, 3.63) is 77.4 Å². The molecule has 2 amide bonds. The molecule has 4 rings (SSSR count). The number of carbonyl (C=O) groups excluding carboxylic acids is 2. The fourth-order valence-corrected chi connectivity index (χ4v) is 3.62. The molecule has 30 heavy (non-hydrogen) atoms. The number of fused-ring (bicyclic) bond motifs is 1. The normalized spacial score (nSPS) is 15.3. The Kier molecular flexibility index (Phi) is 5.38. The van der Waals surface area contributed by atoms with Gasteiger partial charge in [0.1, 0.15) is 11.8 Å². The maximum absolute atomic E-state index is 13.1. The molecule has 1 aliphatic heterocycles. The molecular weight excluding hydrogens is 384 g/mol. The van der Waals surface area contributed by atoms with E-state index in [4.69, 9.17) is 9.47 Å². The number of amides is 2. The van der Waals surface area contributed by atoms with Crippen molar-refractivity contribution in [2.75, 3.05) is 26.1 Å². The molecule has 0 saturated heterocycles. The van der Waals surface area contributed by atoms with E-state index in [-0.39, 0.29) is 12.1 Å². The summed E-state index contributed by atoms with van der Waals surface area (Å²) in [6, 6.07) is 13.7. The predicted octanol–water partition coefficient (Wildman–Crippen LogP) is 3.38. The van der Waals surface area contributed by atoms with E-state index in [9.17, 15) is 9.59 Å². The lowest BCUT2D eigenvalue weighted by atomic mass is 9.96. The van der Waals surface area contributed by atoms with Crippen LogP contribution >= 0.6 is 0 Å². The molecule has 2 N–H and O–H groups in total. The third-order valence-electron chi connectivity index (χ3n) is 5.17. The Balaban J connectivity index is 1.59. The summed E-state index contributed by atoms with van der Waals surface area (Å²) in [5, 5.41) is 2.91. The van der Waals surface area contributed by atoms with Crippen LogP contribution in [0.4, 0.5) is 10.5 Å². The molecule has 8 heteroatoms. The van der Waals surface area contributed by atoms with E-state index in [1.54, 1.807) is 42.6 Å². The number of imidazole rings is 1. The average Bonchev–Trinajstić information content (AvgIpc) is 3.27. The quantitative estimate of drug-likeness (QED) is 0.648. The van der Waals surface area contributed by atoms with Crippen LogP contribution in [0.2, 0.25) is 0 Å². The molecule has 0 saturated carbocycles. The molecule has 1 aliphatic rings. The van der Waals surface area contributed by atoms with Crippen LogP contribution < -0.4 is 10.1 Å². The first-order valence-electron chi connectivity index (χ1n) is 9.53. The van der Waals surface area contributed by atoms with Gasteiger partial charge in [0.2, 0.25) is 0 Å². The molecule has 0 aliphatic carbocycles. The minimum absolute atomic E-state index is 0.240. The third kappa shape index (κ3) is 3.71. The molecule has 1 aromatic heterocycles. The first-order valence-corrected chi connectivity index (χ1v) is 9.53. The monoisotopic (exact) mass is 406 g/mol. The van der Waals surface area contributed by atoms with Crippen LogP contribution in [0.3, 0.4) is 0 Å². The molecule has 2 heterocycles. The number of ether oxygens (including phenoxy) is 2. The number of carbonyl (C=O) groups is 2. The number of aromatic nitrogens is 2. The number of H-pyrrole nitrogens is 1. The second-order valence-electron chi connectivity index (χ2n) is 6.88. The molecule has 0 radical (unpaired) electrons. The topological polar surface area (TPSA) is 96.6 Å². The van der Waals surface area contributed by atoms with Crippen LogP contribution in [-0.2, 0) is 11.2 Å². The van der Waals surface area contributed by atoms with Gasteiger partial charge in [-0.05, 0) is 42.0 Å². The van der Waals surface area contributed by atoms with Crippen LogP contribution in [0.25, 0.3) is 0 Å². The number of nitrogens with one attached hydrogen (secondary N) is 2. The molecule has 8 nitrogen and oxygen atoms in total. The Bertz CT molecular complexity index is 1040. The van der Waals surface area contributed by atoms with Gasteiger partial charge in [-0.2, -0.15) is 0 Å². The van der Waals surface area contributed by atoms with Crippen LogP contribution in [0.15, 0.2) is 54.9 Å². The van der Waals surface area contributed by atoms with E-state index < -0.39 is 5.97 Å². The zero-order chi connectivity index (χ0) is 21.1. The van der Waals surface area contributed by atoms with Gasteiger partial charge in [0.05, 0.1) is 31.8 Å². The van der Waals surface area contributed by atoms with Gasteiger partial charge >= 0.3 is 12.0 Å². The summed E-state index contributed by atoms with van der Waals surface area (Å²) in [5.41, 5.74) is 3.82. The molecular formula is C22H22N4O4. The number of esters is 1.